The van der Waals surface area contributed by atoms with Crippen LogP contribution in [0.4, 0.5) is 5.69 Å². The van der Waals surface area contributed by atoms with Gasteiger partial charge in [0.25, 0.3) is 5.91 Å². The van der Waals surface area contributed by atoms with E-state index < -0.39 is 5.60 Å². The van der Waals surface area contributed by atoms with Crippen LogP contribution < -0.4 is 4.90 Å². The lowest BCUT2D eigenvalue weighted by molar-refractivity contribution is 0.0236. The maximum Gasteiger partial charge on any atom is 0.253 e. The molecule has 1 unspecified atom stereocenters. The summed E-state index contributed by atoms with van der Waals surface area (Å²) < 4.78 is 0. The summed E-state index contributed by atoms with van der Waals surface area (Å²) in [5.74, 6) is 0.0210. The largest absolute Gasteiger partial charge is 0.387 e. The van der Waals surface area contributed by atoms with Gasteiger partial charge in [-0.1, -0.05) is 0 Å². The highest BCUT2D eigenvalue weighted by Gasteiger charge is 2.38. The first-order valence-electron chi connectivity index (χ1n) is 8.48. The molecule has 2 fully saturated rings. The van der Waals surface area contributed by atoms with E-state index in [1.807, 2.05) is 43.3 Å². The Balaban J connectivity index is 1.64. The van der Waals surface area contributed by atoms with Gasteiger partial charge in [-0.25, -0.2) is 0 Å². The lowest BCUT2D eigenvalue weighted by Crippen LogP contribution is -2.43. The van der Waals surface area contributed by atoms with Crippen molar-refractivity contribution in [2.75, 3.05) is 51.7 Å². The molecule has 1 N–H and O–H groups in total. The lowest BCUT2D eigenvalue weighted by Gasteiger charge is -2.26. The molecule has 0 aliphatic carbocycles. The zero-order valence-corrected chi connectivity index (χ0v) is 14.2. The average molecular weight is 317 g/mol. The quantitative estimate of drug-likeness (QED) is 0.912. The number of carbonyl (C=O) groups excluding carboxylic acids is 1. The molecule has 126 valence electrons. The van der Waals surface area contributed by atoms with Gasteiger partial charge in [0.1, 0.15) is 0 Å². The number of rotatable bonds is 4. The summed E-state index contributed by atoms with van der Waals surface area (Å²) in [5.41, 5.74) is 1.13. The summed E-state index contributed by atoms with van der Waals surface area (Å²) in [5, 5.41) is 10.6. The Morgan fingerprint density at radius 2 is 1.83 bits per heavy atom. The monoisotopic (exact) mass is 317 g/mol. The van der Waals surface area contributed by atoms with E-state index >= 15 is 0 Å². The molecule has 2 aliphatic heterocycles. The fraction of sp³-hybridized carbons (Fsp3) is 0.611. The molecule has 0 bridgehead atoms. The van der Waals surface area contributed by atoms with E-state index in [0.717, 1.165) is 13.1 Å². The Kier molecular flexibility index (Phi) is 4.60. The van der Waals surface area contributed by atoms with Gasteiger partial charge < -0.3 is 19.8 Å². The molecule has 0 radical (unpaired) electrons. The Bertz CT molecular complexity index is 552. The molecule has 5 heteroatoms. The third kappa shape index (κ3) is 3.67. The molecule has 5 nitrogen and oxygen atoms in total. The second kappa shape index (κ2) is 6.49. The van der Waals surface area contributed by atoms with Gasteiger partial charge in [0.2, 0.25) is 0 Å². The van der Waals surface area contributed by atoms with E-state index in [1.165, 1.54) is 18.5 Å². The first-order chi connectivity index (χ1) is 11.0. The maximum atomic E-state index is 12.6. The van der Waals surface area contributed by atoms with E-state index in [0.29, 0.717) is 31.6 Å². The van der Waals surface area contributed by atoms with Crippen LogP contribution in [-0.4, -0.2) is 73.2 Å². The molecule has 23 heavy (non-hydrogen) atoms. The smallest absolute Gasteiger partial charge is 0.253 e. The number of hydrogen-bond acceptors (Lipinski definition) is 4. The Labute approximate surface area is 138 Å². The molecule has 1 atom stereocenters. The molecule has 0 aromatic heterocycles. The number of benzene rings is 1. The fourth-order valence-corrected chi connectivity index (χ4v) is 3.72. The van der Waals surface area contributed by atoms with Gasteiger partial charge in [-0.3, -0.25) is 4.79 Å². The van der Waals surface area contributed by atoms with Crippen LogP contribution in [0.5, 0.6) is 0 Å². The molecule has 1 aromatic rings. The molecule has 2 heterocycles. The summed E-state index contributed by atoms with van der Waals surface area (Å²) >= 11 is 0. The molecule has 1 amide bonds. The number of likely N-dealkylation sites (N-methyl/N-ethyl adjacent to an activating group) is 1. The molecule has 1 aromatic carbocycles. The van der Waals surface area contributed by atoms with Gasteiger partial charge in [0.05, 0.1) is 12.1 Å². The van der Waals surface area contributed by atoms with Crippen LogP contribution in [-0.2, 0) is 0 Å². The maximum absolute atomic E-state index is 12.6. The molecule has 0 saturated carbocycles. The number of carbonyl (C=O) groups is 1. The van der Waals surface area contributed by atoms with Crippen LogP contribution in [0.25, 0.3) is 0 Å². The molecular formula is C18H27N3O2. The second-order valence-electron chi connectivity index (χ2n) is 7.18. The minimum Gasteiger partial charge on any atom is -0.387 e. The van der Waals surface area contributed by atoms with Gasteiger partial charge in [0.15, 0.2) is 0 Å². The topological polar surface area (TPSA) is 47.0 Å². The third-order valence-corrected chi connectivity index (χ3v) is 4.82. The summed E-state index contributed by atoms with van der Waals surface area (Å²) in [6, 6.07) is 7.92. The minimum atomic E-state index is -0.783. The highest BCUT2D eigenvalue weighted by molar-refractivity contribution is 5.94. The molecule has 0 spiro atoms. The van der Waals surface area contributed by atoms with E-state index in [1.54, 1.807) is 4.90 Å². The van der Waals surface area contributed by atoms with Gasteiger partial charge in [-0.2, -0.15) is 0 Å². The summed E-state index contributed by atoms with van der Waals surface area (Å²) in [7, 11) is 3.89. The summed E-state index contributed by atoms with van der Waals surface area (Å²) in [6.45, 7) is 3.84. The second-order valence-corrected chi connectivity index (χ2v) is 7.18. The number of anilines is 1. The molecule has 3 rings (SSSR count). The van der Waals surface area contributed by atoms with Gasteiger partial charge in [0, 0.05) is 37.4 Å². The van der Waals surface area contributed by atoms with Crippen molar-refractivity contribution < 1.29 is 9.90 Å². The zero-order chi connectivity index (χ0) is 16.4. The average Bonchev–Trinajstić information content (AvgIpc) is 3.16. The van der Waals surface area contributed by atoms with Crippen molar-refractivity contribution in [3.63, 3.8) is 0 Å². The molecular weight excluding hydrogens is 290 g/mol. The number of aliphatic hydroxyl groups is 1. The molecule has 2 aliphatic rings. The fourth-order valence-electron chi connectivity index (χ4n) is 3.72. The predicted molar refractivity (Wildman–Crippen MR) is 91.9 cm³/mol. The SMILES string of the molecule is CN(C)CC1(O)CCN(C(=O)c2ccc(N3CCCC3)cc2)C1. The van der Waals surface area contributed by atoms with Crippen molar-refractivity contribution in [2.45, 2.75) is 24.9 Å². The zero-order valence-electron chi connectivity index (χ0n) is 14.2. The Morgan fingerprint density at radius 1 is 1.17 bits per heavy atom. The standard InChI is InChI=1S/C18H27N3O2/c1-19(2)13-18(23)9-12-21(14-18)17(22)15-5-7-16(8-6-15)20-10-3-4-11-20/h5-8,23H,3-4,9-14H2,1-2H3. The van der Waals surface area contributed by atoms with E-state index in [2.05, 4.69) is 4.90 Å². The van der Waals surface area contributed by atoms with Crippen LogP contribution in [0, 0.1) is 0 Å². The summed E-state index contributed by atoms with van der Waals surface area (Å²) in [6.07, 6.45) is 3.14. The number of β-amino-alcohol motifs (C(OH)–C–C–N with tert-alkyl or cyclic N) is 1. The third-order valence-electron chi connectivity index (χ3n) is 4.82. The van der Waals surface area contributed by atoms with Crippen molar-refractivity contribution >= 4 is 11.6 Å². The van der Waals surface area contributed by atoms with Gasteiger partial charge in [-0.05, 0) is 57.6 Å². The first kappa shape index (κ1) is 16.3. The minimum absolute atomic E-state index is 0.0210. The van der Waals surface area contributed by atoms with Crippen LogP contribution in [0.1, 0.15) is 29.6 Å². The number of likely N-dealkylation sites (tertiary alicyclic amines) is 1. The summed E-state index contributed by atoms with van der Waals surface area (Å²) in [4.78, 5) is 18.7. The molecule has 2 saturated heterocycles. The Morgan fingerprint density at radius 3 is 2.43 bits per heavy atom. The van der Waals surface area contributed by atoms with Crippen LogP contribution >= 0.6 is 0 Å². The number of nitrogens with zero attached hydrogens (tertiary/aromatic N) is 3. The van der Waals surface area contributed by atoms with Gasteiger partial charge in [-0.15, -0.1) is 0 Å². The number of hydrogen-bond donors (Lipinski definition) is 1. The van der Waals surface area contributed by atoms with Crippen molar-refractivity contribution in [3.8, 4) is 0 Å². The van der Waals surface area contributed by atoms with E-state index in [9.17, 15) is 9.90 Å². The van der Waals surface area contributed by atoms with Crippen molar-refractivity contribution in [1.29, 1.82) is 0 Å². The van der Waals surface area contributed by atoms with Crippen LogP contribution in [0.2, 0.25) is 0 Å². The first-order valence-corrected chi connectivity index (χ1v) is 8.48. The van der Waals surface area contributed by atoms with Crippen LogP contribution in [0.15, 0.2) is 24.3 Å². The highest BCUT2D eigenvalue weighted by Crippen LogP contribution is 2.25. The number of amides is 1. The predicted octanol–water partition coefficient (Wildman–Crippen LogP) is 1.43. The van der Waals surface area contributed by atoms with Crippen molar-refractivity contribution in [1.82, 2.24) is 9.80 Å². The Hall–Kier alpha value is -1.59. The highest BCUT2D eigenvalue weighted by atomic mass is 16.3. The van der Waals surface area contributed by atoms with Gasteiger partial charge >= 0.3 is 0 Å². The van der Waals surface area contributed by atoms with Crippen molar-refractivity contribution in [2.24, 2.45) is 0 Å². The normalized spacial score (nSPS) is 24.7. The van der Waals surface area contributed by atoms with E-state index in [4.69, 9.17) is 0 Å². The van der Waals surface area contributed by atoms with E-state index in [-0.39, 0.29) is 5.91 Å². The lowest BCUT2D eigenvalue weighted by atomic mass is 10.0. The van der Waals surface area contributed by atoms with Crippen LogP contribution in [0.3, 0.4) is 0 Å². The van der Waals surface area contributed by atoms with Crippen molar-refractivity contribution in [3.05, 3.63) is 29.8 Å².